The van der Waals surface area contributed by atoms with Gasteiger partial charge in [0.1, 0.15) is 5.02 Å². The Balaban J connectivity index is 1.72. The topological polar surface area (TPSA) is 89.0 Å². The van der Waals surface area contributed by atoms with Crippen LogP contribution in [0.5, 0.6) is 0 Å². The first-order valence-electron chi connectivity index (χ1n) is 6.45. The van der Waals surface area contributed by atoms with E-state index >= 15 is 0 Å². The van der Waals surface area contributed by atoms with Gasteiger partial charge in [0.15, 0.2) is 0 Å². The Morgan fingerprint density at radius 2 is 2.43 bits per heavy atom. The maximum absolute atomic E-state index is 12.1. The van der Waals surface area contributed by atoms with Crippen molar-refractivity contribution < 1.29 is 9.53 Å². The molecule has 0 aromatic carbocycles. The summed E-state index contributed by atoms with van der Waals surface area (Å²) in [6.45, 7) is 1.35. The molecule has 0 saturated carbocycles. The third-order valence-electron chi connectivity index (χ3n) is 3.26. The van der Waals surface area contributed by atoms with Gasteiger partial charge >= 0.3 is 0 Å². The van der Waals surface area contributed by atoms with Crippen molar-refractivity contribution in [1.82, 2.24) is 14.8 Å². The standard InChI is InChI=1S/C13H13ClN4O3/c14-11-3-8(4-15-13(11)20)12(19)17-9-5-16-18(6-9)10-1-2-21-7-10/h3-6,10H,1-2,7H2,(H,15,20)(H,17,19). The molecule has 0 spiro atoms. The van der Waals surface area contributed by atoms with Crippen molar-refractivity contribution in [2.45, 2.75) is 12.5 Å². The van der Waals surface area contributed by atoms with Crippen molar-refractivity contribution in [1.29, 1.82) is 0 Å². The Hall–Kier alpha value is -2.12. The summed E-state index contributed by atoms with van der Waals surface area (Å²) in [5, 5.41) is 6.89. The molecule has 1 saturated heterocycles. The molecule has 1 amide bonds. The third-order valence-corrected chi connectivity index (χ3v) is 3.54. The second kappa shape index (κ2) is 5.71. The van der Waals surface area contributed by atoms with Gasteiger partial charge in [-0.1, -0.05) is 11.6 Å². The Bertz CT molecular complexity index is 718. The van der Waals surface area contributed by atoms with Gasteiger partial charge in [-0.3, -0.25) is 14.3 Å². The molecule has 2 N–H and O–H groups in total. The number of nitrogens with zero attached hydrogens (tertiary/aromatic N) is 2. The predicted molar refractivity (Wildman–Crippen MR) is 76.7 cm³/mol. The molecule has 0 aliphatic carbocycles. The Kier molecular flexibility index (Phi) is 3.76. The molecular weight excluding hydrogens is 296 g/mol. The van der Waals surface area contributed by atoms with E-state index in [4.69, 9.17) is 16.3 Å². The van der Waals surface area contributed by atoms with E-state index in [9.17, 15) is 9.59 Å². The van der Waals surface area contributed by atoms with Crippen molar-refractivity contribution in [3.63, 3.8) is 0 Å². The van der Waals surface area contributed by atoms with Gasteiger partial charge in [0, 0.05) is 19.0 Å². The first kappa shape index (κ1) is 13.8. The van der Waals surface area contributed by atoms with E-state index in [0.717, 1.165) is 13.0 Å². The van der Waals surface area contributed by atoms with Crippen LogP contribution in [0.1, 0.15) is 22.8 Å². The fraction of sp³-hybridized carbons (Fsp3) is 0.308. The van der Waals surface area contributed by atoms with Crippen LogP contribution >= 0.6 is 11.6 Å². The summed E-state index contributed by atoms with van der Waals surface area (Å²) in [6.07, 6.45) is 5.55. The molecule has 2 aromatic rings. The number of amides is 1. The average Bonchev–Trinajstić information content (AvgIpc) is 3.12. The molecule has 0 bridgehead atoms. The SMILES string of the molecule is O=C(Nc1cnn(C2CCOC2)c1)c1c[nH]c(=O)c(Cl)c1. The molecule has 21 heavy (non-hydrogen) atoms. The molecule has 0 radical (unpaired) electrons. The molecule has 2 aromatic heterocycles. The van der Waals surface area contributed by atoms with Gasteiger partial charge in [-0.25, -0.2) is 0 Å². The lowest BCUT2D eigenvalue weighted by Gasteiger charge is -2.07. The predicted octanol–water partition coefficient (Wildman–Crippen LogP) is 1.44. The monoisotopic (exact) mass is 308 g/mol. The van der Waals surface area contributed by atoms with E-state index in [0.29, 0.717) is 12.3 Å². The lowest BCUT2D eigenvalue weighted by atomic mass is 10.2. The van der Waals surface area contributed by atoms with Gasteiger partial charge in [0.25, 0.3) is 11.5 Å². The number of ether oxygens (including phenoxy) is 1. The van der Waals surface area contributed by atoms with E-state index in [1.54, 1.807) is 17.1 Å². The Labute approximate surface area is 124 Å². The number of H-pyrrole nitrogens is 1. The molecule has 7 nitrogen and oxygen atoms in total. The molecular formula is C13H13ClN4O3. The van der Waals surface area contributed by atoms with Crippen LogP contribution in [0.15, 0.2) is 29.5 Å². The lowest BCUT2D eigenvalue weighted by Crippen LogP contribution is -2.15. The van der Waals surface area contributed by atoms with Gasteiger partial charge in [-0.15, -0.1) is 0 Å². The highest BCUT2D eigenvalue weighted by atomic mass is 35.5. The summed E-state index contributed by atoms with van der Waals surface area (Å²) in [6, 6.07) is 1.53. The van der Waals surface area contributed by atoms with Crippen LogP contribution in [-0.4, -0.2) is 33.9 Å². The van der Waals surface area contributed by atoms with Gasteiger partial charge in [0.05, 0.1) is 30.1 Å². The molecule has 1 aliphatic heterocycles. The summed E-state index contributed by atoms with van der Waals surface area (Å²) >= 11 is 5.70. The zero-order valence-electron chi connectivity index (χ0n) is 11.0. The Morgan fingerprint density at radius 1 is 1.57 bits per heavy atom. The van der Waals surface area contributed by atoms with E-state index in [1.807, 2.05) is 0 Å². The summed E-state index contributed by atoms with van der Waals surface area (Å²) < 4.78 is 7.08. The molecule has 1 atom stereocenters. The average molecular weight is 309 g/mol. The minimum Gasteiger partial charge on any atom is -0.379 e. The first-order valence-corrected chi connectivity index (χ1v) is 6.83. The first-order chi connectivity index (χ1) is 10.1. The summed E-state index contributed by atoms with van der Waals surface area (Å²) in [4.78, 5) is 25.6. The molecule has 8 heteroatoms. The van der Waals surface area contributed by atoms with Crippen molar-refractivity contribution in [3.8, 4) is 0 Å². The molecule has 3 heterocycles. The van der Waals surface area contributed by atoms with Crippen molar-refractivity contribution in [2.75, 3.05) is 18.5 Å². The number of anilines is 1. The normalized spacial score (nSPS) is 17.9. The van der Waals surface area contributed by atoms with E-state index in [2.05, 4.69) is 15.4 Å². The fourth-order valence-electron chi connectivity index (χ4n) is 2.12. The number of aromatic nitrogens is 3. The molecule has 1 fully saturated rings. The zero-order valence-corrected chi connectivity index (χ0v) is 11.8. The molecule has 3 rings (SSSR count). The second-order valence-corrected chi connectivity index (χ2v) is 5.15. The minimum atomic E-state index is -0.428. The number of rotatable bonds is 3. The van der Waals surface area contributed by atoms with Crippen LogP contribution in [0.4, 0.5) is 5.69 Å². The van der Waals surface area contributed by atoms with E-state index in [1.165, 1.54) is 12.3 Å². The van der Waals surface area contributed by atoms with E-state index in [-0.39, 0.29) is 22.5 Å². The lowest BCUT2D eigenvalue weighted by molar-refractivity contribution is 0.102. The number of carbonyl (C=O) groups is 1. The number of halogens is 1. The van der Waals surface area contributed by atoms with Gasteiger partial charge in [0.2, 0.25) is 0 Å². The number of pyridine rings is 1. The smallest absolute Gasteiger partial charge is 0.266 e. The van der Waals surface area contributed by atoms with Gasteiger partial charge < -0.3 is 15.0 Å². The third kappa shape index (κ3) is 2.98. The van der Waals surface area contributed by atoms with Crippen molar-refractivity contribution in [2.24, 2.45) is 0 Å². The van der Waals surface area contributed by atoms with Crippen LogP contribution in [0.25, 0.3) is 0 Å². The summed E-state index contributed by atoms with van der Waals surface area (Å²) in [7, 11) is 0. The van der Waals surface area contributed by atoms with Crippen LogP contribution in [0.2, 0.25) is 5.02 Å². The van der Waals surface area contributed by atoms with Crippen LogP contribution in [-0.2, 0) is 4.74 Å². The number of nitrogens with one attached hydrogen (secondary N) is 2. The zero-order chi connectivity index (χ0) is 14.8. The van der Waals surface area contributed by atoms with Gasteiger partial charge in [-0.05, 0) is 12.5 Å². The minimum absolute atomic E-state index is 0.0264. The summed E-state index contributed by atoms with van der Waals surface area (Å²) in [5.74, 6) is -0.365. The largest absolute Gasteiger partial charge is 0.379 e. The number of carbonyl (C=O) groups excluding carboxylic acids is 1. The highest BCUT2D eigenvalue weighted by molar-refractivity contribution is 6.30. The summed E-state index contributed by atoms with van der Waals surface area (Å²) in [5.41, 5.74) is 0.424. The fourth-order valence-corrected chi connectivity index (χ4v) is 2.30. The Morgan fingerprint density at radius 3 is 3.14 bits per heavy atom. The van der Waals surface area contributed by atoms with Crippen molar-refractivity contribution in [3.05, 3.63) is 45.6 Å². The van der Waals surface area contributed by atoms with Crippen molar-refractivity contribution >= 4 is 23.2 Å². The second-order valence-electron chi connectivity index (χ2n) is 4.75. The van der Waals surface area contributed by atoms with Crippen LogP contribution < -0.4 is 10.9 Å². The van der Waals surface area contributed by atoms with Crippen LogP contribution in [0.3, 0.4) is 0 Å². The number of aromatic amines is 1. The quantitative estimate of drug-likeness (QED) is 0.898. The molecule has 1 unspecified atom stereocenters. The highest BCUT2D eigenvalue weighted by Gasteiger charge is 2.18. The van der Waals surface area contributed by atoms with Crippen LogP contribution in [0, 0.1) is 0 Å². The molecule has 1 aliphatic rings. The number of hydrogen-bond acceptors (Lipinski definition) is 4. The van der Waals surface area contributed by atoms with E-state index < -0.39 is 5.56 Å². The van der Waals surface area contributed by atoms with Gasteiger partial charge in [-0.2, -0.15) is 5.10 Å². The maximum atomic E-state index is 12.1. The maximum Gasteiger partial charge on any atom is 0.266 e. The highest BCUT2D eigenvalue weighted by Crippen LogP contribution is 2.20. The number of hydrogen-bond donors (Lipinski definition) is 2. The molecule has 110 valence electrons.